The maximum absolute atomic E-state index is 13.0. The molecular formula is C21H27N3O3. The number of para-hydroxylation sites is 1. The molecule has 6 heteroatoms. The van der Waals surface area contributed by atoms with E-state index >= 15 is 0 Å². The molecule has 1 fully saturated rings. The van der Waals surface area contributed by atoms with Gasteiger partial charge in [0.05, 0.1) is 24.5 Å². The third-order valence-corrected chi connectivity index (χ3v) is 4.90. The number of carbonyl (C=O) groups excluding carboxylic acids is 1. The van der Waals surface area contributed by atoms with Crippen LogP contribution in [0.25, 0.3) is 0 Å². The molecule has 0 bridgehead atoms. The summed E-state index contributed by atoms with van der Waals surface area (Å²) < 4.78 is 10.9. The molecule has 144 valence electrons. The third kappa shape index (κ3) is 4.45. The number of rotatable bonds is 6. The van der Waals surface area contributed by atoms with Gasteiger partial charge in [0.1, 0.15) is 11.6 Å². The van der Waals surface area contributed by atoms with Crippen molar-refractivity contribution in [2.24, 2.45) is 0 Å². The van der Waals surface area contributed by atoms with Crippen LogP contribution in [-0.2, 0) is 11.3 Å². The monoisotopic (exact) mass is 369 g/mol. The van der Waals surface area contributed by atoms with Gasteiger partial charge in [-0.3, -0.25) is 4.79 Å². The Balaban J connectivity index is 1.71. The fourth-order valence-electron chi connectivity index (χ4n) is 3.58. The van der Waals surface area contributed by atoms with Crippen LogP contribution in [0.1, 0.15) is 53.1 Å². The number of piperidine rings is 1. The Morgan fingerprint density at radius 1 is 1.26 bits per heavy atom. The van der Waals surface area contributed by atoms with E-state index in [2.05, 4.69) is 9.97 Å². The van der Waals surface area contributed by atoms with Crippen molar-refractivity contribution in [3.8, 4) is 5.75 Å². The van der Waals surface area contributed by atoms with E-state index in [0.29, 0.717) is 43.5 Å². The first-order chi connectivity index (χ1) is 13.1. The highest BCUT2D eigenvalue weighted by molar-refractivity contribution is 5.97. The lowest BCUT2D eigenvalue weighted by Crippen LogP contribution is -2.38. The molecule has 2 aromatic rings. The average Bonchev–Trinajstić information content (AvgIpc) is 2.70. The number of aromatic nitrogens is 2. The summed E-state index contributed by atoms with van der Waals surface area (Å²) in [5.74, 6) is 1.78. The van der Waals surface area contributed by atoms with Crippen molar-refractivity contribution in [1.29, 1.82) is 0 Å². The molecule has 1 aliphatic rings. The maximum Gasteiger partial charge on any atom is 0.257 e. The lowest BCUT2D eigenvalue weighted by Gasteiger charge is -2.32. The maximum atomic E-state index is 13.0. The lowest BCUT2D eigenvalue weighted by molar-refractivity contribution is 0.0707. The van der Waals surface area contributed by atoms with Gasteiger partial charge in [-0.15, -0.1) is 0 Å². The number of amides is 1. The van der Waals surface area contributed by atoms with E-state index in [9.17, 15) is 4.79 Å². The Kier molecular flexibility index (Phi) is 6.40. The zero-order valence-electron chi connectivity index (χ0n) is 16.3. The van der Waals surface area contributed by atoms with Crippen molar-refractivity contribution in [2.75, 3.05) is 26.8 Å². The normalized spacial score (nSPS) is 15.0. The van der Waals surface area contributed by atoms with Gasteiger partial charge in [-0.05, 0) is 38.8 Å². The number of hydrogen-bond acceptors (Lipinski definition) is 5. The topological polar surface area (TPSA) is 64.5 Å². The van der Waals surface area contributed by atoms with Gasteiger partial charge in [0.2, 0.25) is 0 Å². The van der Waals surface area contributed by atoms with Crippen molar-refractivity contribution in [3.05, 3.63) is 53.1 Å². The van der Waals surface area contributed by atoms with E-state index in [1.807, 2.05) is 49.2 Å². The minimum atomic E-state index is 0.0356. The summed E-state index contributed by atoms with van der Waals surface area (Å²) in [6, 6.07) is 7.46. The number of methoxy groups -OCH3 is 1. The second kappa shape index (κ2) is 8.95. The fourth-order valence-corrected chi connectivity index (χ4v) is 3.58. The summed E-state index contributed by atoms with van der Waals surface area (Å²) in [6.07, 6.45) is 3.63. The lowest BCUT2D eigenvalue weighted by atomic mass is 9.90. The van der Waals surface area contributed by atoms with Gasteiger partial charge in [-0.25, -0.2) is 9.97 Å². The predicted molar refractivity (Wildman–Crippen MR) is 103 cm³/mol. The third-order valence-electron chi connectivity index (χ3n) is 4.90. The van der Waals surface area contributed by atoms with Gasteiger partial charge in [0.15, 0.2) is 0 Å². The van der Waals surface area contributed by atoms with Crippen LogP contribution in [0.5, 0.6) is 5.75 Å². The van der Waals surface area contributed by atoms with Crippen molar-refractivity contribution < 1.29 is 14.3 Å². The minimum absolute atomic E-state index is 0.0356. The first-order valence-corrected chi connectivity index (χ1v) is 9.46. The Morgan fingerprint density at radius 2 is 2.00 bits per heavy atom. The van der Waals surface area contributed by atoms with Crippen molar-refractivity contribution in [3.63, 3.8) is 0 Å². The van der Waals surface area contributed by atoms with Crippen molar-refractivity contribution in [1.82, 2.24) is 14.9 Å². The number of hydrogen-bond donors (Lipinski definition) is 0. The number of carbonyl (C=O) groups is 1. The average molecular weight is 369 g/mol. The number of nitrogens with zero attached hydrogens (tertiary/aromatic N) is 3. The second-order valence-electron chi connectivity index (χ2n) is 6.76. The predicted octanol–water partition coefficient (Wildman–Crippen LogP) is 3.35. The summed E-state index contributed by atoms with van der Waals surface area (Å²) in [4.78, 5) is 23.8. The van der Waals surface area contributed by atoms with Crippen LogP contribution in [0, 0.1) is 6.92 Å². The molecule has 1 saturated heterocycles. The van der Waals surface area contributed by atoms with Gasteiger partial charge >= 0.3 is 0 Å². The number of aryl methyl sites for hydroxylation is 1. The summed E-state index contributed by atoms with van der Waals surface area (Å²) in [5.41, 5.74) is 2.73. The fraction of sp³-hybridized carbons (Fsp3) is 0.476. The molecule has 1 aliphatic heterocycles. The molecule has 27 heavy (non-hydrogen) atoms. The SMILES string of the molecule is CCOc1ccccc1C(=O)N1CCC(c2nc(C)ncc2COC)CC1. The second-order valence-corrected chi connectivity index (χ2v) is 6.76. The summed E-state index contributed by atoms with van der Waals surface area (Å²) in [6.45, 7) is 6.30. The van der Waals surface area contributed by atoms with Crippen LogP contribution < -0.4 is 4.74 Å². The summed E-state index contributed by atoms with van der Waals surface area (Å²) in [7, 11) is 1.68. The zero-order chi connectivity index (χ0) is 19.2. The first kappa shape index (κ1) is 19.3. The Labute approximate surface area is 160 Å². The smallest absolute Gasteiger partial charge is 0.257 e. The minimum Gasteiger partial charge on any atom is -0.493 e. The van der Waals surface area contributed by atoms with Gasteiger partial charge in [-0.2, -0.15) is 0 Å². The molecule has 1 aromatic heterocycles. The quantitative estimate of drug-likeness (QED) is 0.781. The van der Waals surface area contributed by atoms with Crippen LogP contribution in [0.2, 0.25) is 0 Å². The Hall–Kier alpha value is -2.47. The van der Waals surface area contributed by atoms with E-state index in [1.54, 1.807) is 7.11 Å². The largest absolute Gasteiger partial charge is 0.493 e. The van der Waals surface area contributed by atoms with Crippen LogP contribution in [0.3, 0.4) is 0 Å². The molecule has 0 unspecified atom stereocenters. The number of likely N-dealkylation sites (tertiary alicyclic amines) is 1. The zero-order valence-corrected chi connectivity index (χ0v) is 16.3. The molecule has 0 N–H and O–H groups in total. The van der Waals surface area contributed by atoms with Crippen molar-refractivity contribution in [2.45, 2.75) is 39.2 Å². The molecule has 0 radical (unpaired) electrons. The van der Waals surface area contributed by atoms with E-state index < -0.39 is 0 Å². The summed E-state index contributed by atoms with van der Waals surface area (Å²) in [5, 5.41) is 0. The van der Waals surface area contributed by atoms with Crippen LogP contribution in [-0.4, -0.2) is 47.6 Å². The number of benzene rings is 1. The van der Waals surface area contributed by atoms with Crippen molar-refractivity contribution >= 4 is 5.91 Å². The molecular weight excluding hydrogens is 342 g/mol. The molecule has 3 rings (SSSR count). The molecule has 0 saturated carbocycles. The first-order valence-electron chi connectivity index (χ1n) is 9.46. The highest BCUT2D eigenvalue weighted by Gasteiger charge is 2.28. The summed E-state index contributed by atoms with van der Waals surface area (Å²) >= 11 is 0. The molecule has 1 aromatic carbocycles. The number of ether oxygens (including phenoxy) is 2. The Bertz CT molecular complexity index is 786. The van der Waals surface area contributed by atoms with E-state index in [4.69, 9.17) is 9.47 Å². The van der Waals surface area contributed by atoms with Crippen LogP contribution >= 0.6 is 0 Å². The molecule has 0 atom stereocenters. The van der Waals surface area contributed by atoms with Gasteiger partial charge in [0, 0.05) is 37.9 Å². The van der Waals surface area contributed by atoms with Crippen LogP contribution in [0.15, 0.2) is 30.5 Å². The van der Waals surface area contributed by atoms with E-state index in [0.717, 1.165) is 29.9 Å². The molecule has 0 aliphatic carbocycles. The Morgan fingerprint density at radius 3 is 2.70 bits per heavy atom. The van der Waals surface area contributed by atoms with E-state index in [1.165, 1.54) is 0 Å². The van der Waals surface area contributed by atoms with E-state index in [-0.39, 0.29) is 5.91 Å². The molecule has 6 nitrogen and oxygen atoms in total. The highest BCUT2D eigenvalue weighted by Crippen LogP contribution is 2.31. The van der Waals surface area contributed by atoms with Gasteiger partial charge in [-0.1, -0.05) is 12.1 Å². The highest BCUT2D eigenvalue weighted by atomic mass is 16.5. The molecule has 0 spiro atoms. The standard InChI is InChI=1S/C21H27N3O3/c1-4-27-19-8-6-5-7-18(19)21(25)24-11-9-16(10-12-24)20-17(14-26-3)13-22-15(2)23-20/h5-8,13,16H,4,9-12,14H2,1-3H3. The molecule has 2 heterocycles. The van der Waals surface area contributed by atoms with Crippen LogP contribution in [0.4, 0.5) is 0 Å². The van der Waals surface area contributed by atoms with Gasteiger partial charge < -0.3 is 14.4 Å². The molecule has 1 amide bonds. The van der Waals surface area contributed by atoms with Gasteiger partial charge in [0.25, 0.3) is 5.91 Å².